The van der Waals surface area contributed by atoms with Crippen LogP contribution < -0.4 is 10.1 Å². The van der Waals surface area contributed by atoms with E-state index in [9.17, 15) is 0 Å². The molecule has 1 aliphatic rings. The number of ether oxygens (including phenoxy) is 1. The van der Waals surface area contributed by atoms with Crippen LogP contribution in [0.2, 0.25) is 0 Å². The van der Waals surface area contributed by atoms with Gasteiger partial charge in [0.1, 0.15) is 11.9 Å². The van der Waals surface area contributed by atoms with Crippen LogP contribution in [0.25, 0.3) is 0 Å². The van der Waals surface area contributed by atoms with Gasteiger partial charge in [0.05, 0.1) is 6.20 Å². The van der Waals surface area contributed by atoms with E-state index in [0.717, 1.165) is 37.4 Å². The average molecular weight is 206 g/mol. The van der Waals surface area contributed by atoms with E-state index in [2.05, 4.69) is 23.3 Å². The minimum Gasteiger partial charge on any atom is -0.489 e. The van der Waals surface area contributed by atoms with E-state index in [4.69, 9.17) is 4.74 Å². The Bertz CT molecular complexity index is 332. The molecule has 3 heteroatoms. The lowest BCUT2D eigenvalue weighted by molar-refractivity contribution is 0.162. The van der Waals surface area contributed by atoms with Gasteiger partial charge in [-0.3, -0.25) is 4.98 Å². The molecule has 0 saturated carbocycles. The molecule has 1 aromatic heterocycles. The molecule has 15 heavy (non-hydrogen) atoms. The number of nitrogens with zero attached hydrogens (tertiary/aromatic N) is 1. The highest BCUT2D eigenvalue weighted by Crippen LogP contribution is 2.18. The summed E-state index contributed by atoms with van der Waals surface area (Å²) in [5.41, 5.74) is 2.27. The van der Waals surface area contributed by atoms with Gasteiger partial charge in [0.15, 0.2) is 0 Å². The molecule has 0 amide bonds. The second-order valence-electron chi connectivity index (χ2n) is 4.14. The van der Waals surface area contributed by atoms with Gasteiger partial charge >= 0.3 is 0 Å². The Balaban J connectivity index is 2.00. The lowest BCUT2D eigenvalue weighted by atomic mass is 10.1. The Kier molecular flexibility index (Phi) is 3.21. The summed E-state index contributed by atoms with van der Waals surface area (Å²) in [7, 11) is 0. The van der Waals surface area contributed by atoms with Gasteiger partial charge in [-0.2, -0.15) is 0 Å². The summed E-state index contributed by atoms with van der Waals surface area (Å²) in [6, 6.07) is 2.07. The third-order valence-electron chi connectivity index (χ3n) is 2.90. The van der Waals surface area contributed by atoms with E-state index < -0.39 is 0 Å². The zero-order valence-electron chi connectivity index (χ0n) is 9.42. The molecule has 1 aromatic rings. The third-order valence-corrected chi connectivity index (χ3v) is 2.90. The first kappa shape index (κ1) is 10.4. The highest BCUT2D eigenvalue weighted by Gasteiger charge is 2.14. The summed E-state index contributed by atoms with van der Waals surface area (Å²) >= 11 is 0. The predicted octanol–water partition coefficient (Wildman–Crippen LogP) is 1.83. The maximum Gasteiger partial charge on any atom is 0.138 e. The fraction of sp³-hybridized carbons (Fsp3) is 0.583. The van der Waals surface area contributed by atoms with Gasteiger partial charge in [0.25, 0.3) is 0 Å². The van der Waals surface area contributed by atoms with E-state index in [-0.39, 0.29) is 0 Å². The molecule has 0 aromatic carbocycles. The Morgan fingerprint density at radius 1 is 1.33 bits per heavy atom. The lowest BCUT2D eigenvalue weighted by Crippen LogP contribution is -2.34. The van der Waals surface area contributed by atoms with Crippen LogP contribution in [0.4, 0.5) is 0 Å². The summed E-state index contributed by atoms with van der Waals surface area (Å²) in [5, 5.41) is 3.33. The number of hydrogen-bond acceptors (Lipinski definition) is 3. The number of nitrogens with one attached hydrogen (secondary N) is 1. The van der Waals surface area contributed by atoms with Crippen molar-refractivity contribution in [1.82, 2.24) is 10.3 Å². The Morgan fingerprint density at radius 2 is 2.07 bits per heavy atom. The van der Waals surface area contributed by atoms with Gasteiger partial charge in [-0.25, -0.2) is 0 Å². The molecule has 1 N–H and O–H groups in total. The van der Waals surface area contributed by atoms with Crippen LogP contribution in [0.15, 0.2) is 12.3 Å². The molecule has 2 heterocycles. The van der Waals surface area contributed by atoms with Crippen LogP contribution >= 0.6 is 0 Å². The van der Waals surface area contributed by atoms with E-state index >= 15 is 0 Å². The molecular weight excluding hydrogens is 188 g/mol. The zero-order valence-corrected chi connectivity index (χ0v) is 9.42. The first-order chi connectivity index (χ1) is 7.25. The molecule has 1 fully saturated rings. The van der Waals surface area contributed by atoms with E-state index in [1.807, 2.05) is 13.1 Å². The van der Waals surface area contributed by atoms with E-state index in [1.54, 1.807) is 0 Å². The molecule has 0 aliphatic carbocycles. The summed E-state index contributed by atoms with van der Waals surface area (Å²) < 4.78 is 5.89. The number of hydrogen-bond donors (Lipinski definition) is 1. The number of aromatic nitrogens is 1. The number of piperidine rings is 1. The second kappa shape index (κ2) is 4.62. The molecule has 1 saturated heterocycles. The van der Waals surface area contributed by atoms with Crippen molar-refractivity contribution in [3.63, 3.8) is 0 Å². The number of rotatable bonds is 2. The zero-order chi connectivity index (χ0) is 10.7. The molecule has 0 atom stereocenters. The van der Waals surface area contributed by atoms with Crippen molar-refractivity contribution in [2.24, 2.45) is 0 Å². The van der Waals surface area contributed by atoms with Gasteiger partial charge in [-0.1, -0.05) is 0 Å². The highest BCUT2D eigenvalue weighted by atomic mass is 16.5. The Labute approximate surface area is 90.9 Å². The van der Waals surface area contributed by atoms with Gasteiger partial charge < -0.3 is 10.1 Å². The van der Waals surface area contributed by atoms with Crippen LogP contribution in [-0.4, -0.2) is 24.2 Å². The molecular formula is C12H18N2O. The molecule has 2 rings (SSSR count). The van der Waals surface area contributed by atoms with Gasteiger partial charge in [-0.05, 0) is 51.4 Å². The van der Waals surface area contributed by atoms with E-state index in [0.29, 0.717) is 6.10 Å². The SMILES string of the molecule is Cc1cc(OC2CCNCC2)cnc1C. The van der Waals surface area contributed by atoms with Gasteiger partial charge in [0.2, 0.25) is 0 Å². The third kappa shape index (κ3) is 2.69. The van der Waals surface area contributed by atoms with Crippen LogP contribution in [0, 0.1) is 13.8 Å². The second-order valence-corrected chi connectivity index (χ2v) is 4.14. The summed E-state index contributed by atoms with van der Waals surface area (Å²) in [5.74, 6) is 0.907. The monoisotopic (exact) mass is 206 g/mol. The Hall–Kier alpha value is -1.09. The molecule has 1 aliphatic heterocycles. The molecule has 82 valence electrons. The smallest absolute Gasteiger partial charge is 0.138 e. The summed E-state index contributed by atoms with van der Waals surface area (Å²) in [6.45, 7) is 6.20. The van der Waals surface area contributed by atoms with E-state index in [1.165, 1.54) is 5.56 Å². The highest BCUT2D eigenvalue weighted by molar-refractivity contribution is 5.27. The topological polar surface area (TPSA) is 34.1 Å². The van der Waals surface area contributed by atoms with Crippen LogP contribution in [0.3, 0.4) is 0 Å². The fourth-order valence-corrected chi connectivity index (χ4v) is 1.79. The number of pyridine rings is 1. The quantitative estimate of drug-likeness (QED) is 0.801. The fourth-order valence-electron chi connectivity index (χ4n) is 1.79. The minimum atomic E-state index is 0.357. The molecule has 3 nitrogen and oxygen atoms in total. The van der Waals surface area contributed by atoms with Crippen molar-refractivity contribution < 1.29 is 4.74 Å². The number of aryl methyl sites for hydroxylation is 2. The van der Waals surface area contributed by atoms with Crippen molar-refractivity contribution in [1.29, 1.82) is 0 Å². The van der Waals surface area contributed by atoms with Crippen molar-refractivity contribution in [3.05, 3.63) is 23.5 Å². The van der Waals surface area contributed by atoms with Crippen LogP contribution in [0.5, 0.6) is 5.75 Å². The van der Waals surface area contributed by atoms with Crippen LogP contribution in [0.1, 0.15) is 24.1 Å². The molecule has 0 radical (unpaired) electrons. The predicted molar refractivity (Wildman–Crippen MR) is 60.2 cm³/mol. The normalized spacial score (nSPS) is 17.7. The maximum absolute atomic E-state index is 5.89. The average Bonchev–Trinajstić information content (AvgIpc) is 2.25. The standard InChI is InChI=1S/C12H18N2O/c1-9-7-12(8-14-10(9)2)15-11-3-5-13-6-4-11/h7-8,11,13H,3-6H2,1-2H3. The van der Waals surface area contributed by atoms with Gasteiger partial charge in [-0.15, -0.1) is 0 Å². The Morgan fingerprint density at radius 3 is 2.73 bits per heavy atom. The van der Waals surface area contributed by atoms with Crippen molar-refractivity contribution >= 4 is 0 Å². The first-order valence-electron chi connectivity index (χ1n) is 5.56. The first-order valence-corrected chi connectivity index (χ1v) is 5.56. The summed E-state index contributed by atoms with van der Waals surface area (Å²) in [4.78, 5) is 4.30. The van der Waals surface area contributed by atoms with Crippen molar-refractivity contribution in [2.75, 3.05) is 13.1 Å². The van der Waals surface area contributed by atoms with Crippen molar-refractivity contribution in [2.45, 2.75) is 32.8 Å². The largest absolute Gasteiger partial charge is 0.489 e. The molecule has 0 spiro atoms. The molecule has 0 unspecified atom stereocenters. The molecule has 0 bridgehead atoms. The van der Waals surface area contributed by atoms with Crippen LogP contribution in [-0.2, 0) is 0 Å². The van der Waals surface area contributed by atoms with Crippen molar-refractivity contribution in [3.8, 4) is 5.75 Å². The maximum atomic E-state index is 5.89. The van der Waals surface area contributed by atoms with Gasteiger partial charge in [0, 0.05) is 5.69 Å². The lowest BCUT2D eigenvalue weighted by Gasteiger charge is -2.23. The summed E-state index contributed by atoms with van der Waals surface area (Å²) in [6.07, 6.45) is 4.36. The minimum absolute atomic E-state index is 0.357.